The van der Waals surface area contributed by atoms with E-state index in [9.17, 15) is 9.59 Å². The number of carbonyl (C=O) groups is 1. The average molecular weight is 513 g/mol. The van der Waals surface area contributed by atoms with Crippen LogP contribution in [0, 0.1) is 3.95 Å². The van der Waals surface area contributed by atoms with Crippen molar-refractivity contribution in [3.05, 3.63) is 68.9 Å². The topological polar surface area (TPSA) is 69.4 Å². The highest BCUT2D eigenvalue weighted by Gasteiger charge is 2.20. The number of fused-ring (bicyclic) bond motifs is 1. The summed E-state index contributed by atoms with van der Waals surface area (Å²) in [6.07, 6.45) is 0. The van der Waals surface area contributed by atoms with Gasteiger partial charge in [-0.25, -0.2) is 4.98 Å². The quantitative estimate of drug-likeness (QED) is 0.189. The SMILES string of the molecule is CCN(CC)C(=O)CSc1nc2c(sc(=S)n2-c2cccc(OC)c2)c(=O)n1-c1ccccc1. The number of ether oxygens (including phenoxy) is 1. The van der Waals surface area contributed by atoms with Gasteiger partial charge in [0, 0.05) is 19.2 Å². The molecule has 0 bridgehead atoms. The summed E-state index contributed by atoms with van der Waals surface area (Å²) in [6.45, 7) is 5.16. The molecule has 0 aliphatic carbocycles. The molecule has 176 valence electrons. The molecule has 0 radical (unpaired) electrons. The summed E-state index contributed by atoms with van der Waals surface area (Å²) in [4.78, 5) is 33.0. The molecule has 0 aliphatic heterocycles. The second kappa shape index (κ2) is 10.5. The number of thiazole rings is 1. The lowest BCUT2D eigenvalue weighted by Crippen LogP contribution is -2.32. The molecule has 4 aromatic rings. The number of nitrogens with zero attached hydrogens (tertiary/aromatic N) is 4. The number of rotatable bonds is 8. The Morgan fingerprint density at radius 3 is 2.47 bits per heavy atom. The van der Waals surface area contributed by atoms with Crippen LogP contribution in [0.1, 0.15) is 13.8 Å². The van der Waals surface area contributed by atoms with Crippen LogP contribution in [0.15, 0.2) is 64.5 Å². The average Bonchev–Trinajstić information content (AvgIpc) is 3.20. The second-order valence-corrected chi connectivity index (χ2v) is 9.87. The van der Waals surface area contributed by atoms with Crippen molar-refractivity contribution in [2.24, 2.45) is 0 Å². The van der Waals surface area contributed by atoms with E-state index in [1.807, 2.05) is 68.4 Å². The van der Waals surface area contributed by atoms with Crippen molar-refractivity contribution in [2.75, 3.05) is 26.0 Å². The molecular weight excluding hydrogens is 488 g/mol. The molecule has 1 amide bonds. The number of carbonyl (C=O) groups excluding carboxylic acids is 1. The first-order valence-electron chi connectivity index (χ1n) is 10.8. The minimum atomic E-state index is -0.216. The third kappa shape index (κ3) is 4.66. The van der Waals surface area contributed by atoms with E-state index in [2.05, 4.69) is 0 Å². The lowest BCUT2D eigenvalue weighted by Gasteiger charge is -2.19. The van der Waals surface area contributed by atoms with Crippen LogP contribution in [0.4, 0.5) is 0 Å². The Labute approximate surface area is 210 Å². The molecule has 2 aromatic carbocycles. The van der Waals surface area contributed by atoms with E-state index in [1.165, 1.54) is 23.1 Å². The van der Waals surface area contributed by atoms with Gasteiger partial charge < -0.3 is 9.64 Å². The maximum Gasteiger partial charge on any atom is 0.278 e. The molecule has 34 heavy (non-hydrogen) atoms. The Morgan fingerprint density at radius 1 is 1.09 bits per heavy atom. The molecule has 0 saturated carbocycles. The number of amides is 1. The minimum absolute atomic E-state index is 0.00101. The lowest BCUT2D eigenvalue weighted by atomic mass is 10.3. The first kappa shape index (κ1) is 24.2. The van der Waals surface area contributed by atoms with Gasteiger partial charge >= 0.3 is 0 Å². The fourth-order valence-electron chi connectivity index (χ4n) is 3.61. The smallest absolute Gasteiger partial charge is 0.278 e. The normalized spacial score (nSPS) is 11.0. The fraction of sp³-hybridized carbons (Fsp3) is 0.250. The maximum absolute atomic E-state index is 13.7. The standard InChI is InChI=1S/C24H24N4O3S3/c1-4-26(5-2)19(29)15-33-23-25-21-20(22(30)28(23)16-10-7-6-8-11-16)34-24(32)27(21)17-12-9-13-18(14-17)31-3/h6-14H,4-5,15H2,1-3H3. The van der Waals surface area contributed by atoms with Crippen molar-refractivity contribution in [2.45, 2.75) is 19.0 Å². The summed E-state index contributed by atoms with van der Waals surface area (Å²) >= 11 is 8.11. The number of hydrogen-bond acceptors (Lipinski definition) is 7. The van der Waals surface area contributed by atoms with Crippen LogP contribution in [0.5, 0.6) is 5.75 Å². The number of para-hydroxylation sites is 1. The van der Waals surface area contributed by atoms with Crippen LogP contribution >= 0.6 is 35.3 Å². The molecule has 2 heterocycles. The van der Waals surface area contributed by atoms with Crippen LogP contribution in [-0.4, -0.2) is 50.9 Å². The van der Waals surface area contributed by atoms with Crippen LogP contribution in [0.25, 0.3) is 21.7 Å². The van der Waals surface area contributed by atoms with Crippen molar-refractivity contribution < 1.29 is 9.53 Å². The van der Waals surface area contributed by atoms with E-state index in [4.69, 9.17) is 21.9 Å². The Balaban J connectivity index is 1.91. The predicted octanol–water partition coefficient (Wildman–Crippen LogP) is 4.94. The predicted molar refractivity (Wildman–Crippen MR) is 141 cm³/mol. The van der Waals surface area contributed by atoms with E-state index in [1.54, 1.807) is 21.1 Å². The highest BCUT2D eigenvalue weighted by Crippen LogP contribution is 2.28. The molecule has 0 atom stereocenters. The van der Waals surface area contributed by atoms with E-state index < -0.39 is 0 Å². The molecule has 0 N–H and O–H groups in total. The molecule has 2 aromatic heterocycles. The zero-order chi connectivity index (χ0) is 24.2. The number of hydrogen-bond donors (Lipinski definition) is 0. The third-order valence-electron chi connectivity index (χ3n) is 5.34. The fourth-order valence-corrected chi connectivity index (χ4v) is 5.82. The number of thioether (sulfide) groups is 1. The van der Waals surface area contributed by atoms with Gasteiger partial charge in [0.05, 0.1) is 24.2 Å². The lowest BCUT2D eigenvalue weighted by molar-refractivity contribution is -0.127. The molecule has 0 aliphatic rings. The third-order valence-corrected chi connectivity index (χ3v) is 7.62. The first-order chi connectivity index (χ1) is 16.5. The van der Waals surface area contributed by atoms with Gasteiger partial charge in [0.25, 0.3) is 5.56 Å². The molecular formula is C24H24N4O3S3. The van der Waals surface area contributed by atoms with E-state index in [0.29, 0.717) is 44.0 Å². The zero-order valence-electron chi connectivity index (χ0n) is 19.1. The Hall–Kier alpha value is -2.95. The van der Waals surface area contributed by atoms with Gasteiger partial charge in [0.15, 0.2) is 14.8 Å². The van der Waals surface area contributed by atoms with Crippen molar-refractivity contribution in [3.8, 4) is 17.1 Å². The van der Waals surface area contributed by atoms with Gasteiger partial charge in [-0.3, -0.25) is 18.7 Å². The van der Waals surface area contributed by atoms with Gasteiger partial charge in [-0.1, -0.05) is 47.4 Å². The van der Waals surface area contributed by atoms with E-state index in [-0.39, 0.29) is 17.2 Å². The molecule has 0 saturated heterocycles. The number of methoxy groups -OCH3 is 1. The maximum atomic E-state index is 13.7. The molecule has 0 fully saturated rings. The van der Waals surface area contributed by atoms with Gasteiger partial charge in [-0.2, -0.15) is 0 Å². The van der Waals surface area contributed by atoms with Crippen LogP contribution < -0.4 is 10.3 Å². The molecule has 10 heteroatoms. The molecule has 0 spiro atoms. The van der Waals surface area contributed by atoms with Crippen molar-refractivity contribution >= 4 is 51.6 Å². The van der Waals surface area contributed by atoms with Crippen molar-refractivity contribution in [1.29, 1.82) is 0 Å². The van der Waals surface area contributed by atoms with E-state index >= 15 is 0 Å². The summed E-state index contributed by atoms with van der Waals surface area (Å²) in [5.41, 5.74) is 1.70. The van der Waals surface area contributed by atoms with Gasteiger partial charge in [0.2, 0.25) is 5.91 Å². The summed E-state index contributed by atoms with van der Waals surface area (Å²) in [5, 5.41) is 0.439. The first-order valence-corrected chi connectivity index (χ1v) is 13.0. The molecule has 4 rings (SSSR count). The molecule has 7 nitrogen and oxygen atoms in total. The summed E-state index contributed by atoms with van der Waals surface area (Å²) in [7, 11) is 1.60. The van der Waals surface area contributed by atoms with Crippen molar-refractivity contribution in [3.63, 3.8) is 0 Å². The Kier molecular flexibility index (Phi) is 7.50. The van der Waals surface area contributed by atoms with Crippen molar-refractivity contribution in [1.82, 2.24) is 19.0 Å². The summed E-state index contributed by atoms with van der Waals surface area (Å²) in [6, 6.07) is 16.8. The monoisotopic (exact) mass is 512 g/mol. The highest BCUT2D eigenvalue weighted by atomic mass is 32.2. The van der Waals surface area contributed by atoms with Crippen LogP contribution in [-0.2, 0) is 4.79 Å². The molecule has 0 unspecified atom stereocenters. The number of aromatic nitrogens is 3. The van der Waals surface area contributed by atoms with Crippen LogP contribution in [0.2, 0.25) is 0 Å². The van der Waals surface area contributed by atoms with Gasteiger partial charge in [-0.15, -0.1) is 0 Å². The Morgan fingerprint density at radius 2 is 1.79 bits per heavy atom. The minimum Gasteiger partial charge on any atom is -0.497 e. The largest absolute Gasteiger partial charge is 0.497 e. The Bertz CT molecular complexity index is 1440. The number of benzene rings is 2. The van der Waals surface area contributed by atoms with E-state index in [0.717, 1.165) is 5.69 Å². The van der Waals surface area contributed by atoms with Gasteiger partial charge in [-0.05, 0) is 50.3 Å². The summed E-state index contributed by atoms with van der Waals surface area (Å²) in [5.74, 6) is 0.853. The second-order valence-electron chi connectivity index (χ2n) is 7.28. The highest BCUT2D eigenvalue weighted by molar-refractivity contribution is 7.99. The van der Waals surface area contributed by atoms with Crippen LogP contribution in [0.3, 0.4) is 0 Å². The zero-order valence-corrected chi connectivity index (χ0v) is 21.5. The summed E-state index contributed by atoms with van der Waals surface area (Å²) < 4.78 is 9.67. The van der Waals surface area contributed by atoms with Gasteiger partial charge in [0.1, 0.15) is 10.4 Å².